The molecule has 0 radical (unpaired) electrons. The van der Waals surface area contributed by atoms with Gasteiger partial charge in [-0.05, 0) is 72.1 Å². The highest BCUT2D eigenvalue weighted by atomic mass is 32.1. The lowest BCUT2D eigenvalue weighted by Crippen LogP contribution is -1.91. The number of hydrogen-bond acceptors (Lipinski definition) is 1. The average molecular weight is 537 g/mol. The van der Waals surface area contributed by atoms with E-state index >= 15 is 0 Å². The highest BCUT2D eigenvalue weighted by molar-refractivity contribution is 7.27. The van der Waals surface area contributed by atoms with Gasteiger partial charge in [0.2, 0.25) is 0 Å². The maximum atomic E-state index is 2.44. The molecular formula is C40H24S. The number of thiophene rings is 1. The van der Waals surface area contributed by atoms with Gasteiger partial charge in [-0.25, -0.2) is 0 Å². The molecule has 0 fully saturated rings. The van der Waals surface area contributed by atoms with E-state index in [4.69, 9.17) is 0 Å². The van der Waals surface area contributed by atoms with Gasteiger partial charge in [-0.15, -0.1) is 11.3 Å². The molecule has 0 saturated heterocycles. The van der Waals surface area contributed by atoms with E-state index in [9.17, 15) is 0 Å². The molecule has 0 aliphatic carbocycles. The van der Waals surface area contributed by atoms with E-state index in [0.29, 0.717) is 0 Å². The fraction of sp³-hybridized carbons (Fsp3) is 0. The zero-order valence-corrected chi connectivity index (χ0v) is 23.1. The Morgan fingerprint density at radius 3 is 1.49 bits per heavy atom. The second-order valence-corrected chi connectivity index (χ2v) is 11.9. The fourth-order valence-corrected chi connectivity index (χ4v) is 8.17. The summed E-state index contributed by atoms with van der Waals surface area (Å²) in [4.78, 5) is 0. The first-order chi connectivity index (χ1) is 20.4. The van der Waals surface area contributed by atoms with E-state index in [1.165, 1.54) is 85.5 Å². The number of hydrogen-bond donors (Lipinski definition) is 0. The maximum absolute atomic E-state index is 2.44. The quantitative estimate of drug-likeness (QED) is 0.152. The van der Waals surface area contributed by atoms with Crippen molar-refractivity contribution in [2.24, 2.45) is 0 Å². The lowest BCUT2D eigenvalue weighted by molar-refractivity contribution is 1.66. The molecule has 0 saturated carbocycles. The Hall–Kier alpha value is -4.98. The summed E-state index contributed by atoms with van der Waals surface area (Å²) in [7, 11) is 0. The molecule has 41 heavy (non-hydrogen) atoms. The van der Waals surface area contributed by atoms with Crippen molar-refractivity contribution >= 4 is 74.6 Å². The smallest absolute Gasteiger partial charge is 0.0440 e. The first kappa shape index (κ1) is 22.8. The molecule has 1 heteroatoms. The Balaban J connectivity index is 1.43. The molecule has 0 nitrogen and oxygen atoms in total. The molecule has 0 spiro atoms. The second-order valence-electron chi connectivity index (χ2n) is 10.8. The summed E-state index contributed by atoms with van der Waals surface area (Å²) in [5.74, 6) is 0. The molecular weight excluding hydrogens is 513 g/mol. The van der Waals surface area contributed by atoms with Crippen LogP contribution >= 0.6 is 11.3 Å². The van der Waals surface area contributed by atoms with Gasteiger partial charge in [-0.1, -0.05) is 133 Å². The van der Waals surface area contributed by atoms with Gasteiger partial charge in [0.25, 0.3) is 0 Å². The van der Waals surface area contributed by atoms with Crippen LogP contribution in [-0.4, -0.2) is 0 Å². The van der Waals surface area contributed by atoms with E-state index in [-0.39, 0.29) is 0 Å². The lowest BCUT2D eigenvalue weighted by Gasteiger charge is -2.18. The molecule has 1 heterocycles. The standard InChI is InChI=1S/C40H24S/c1-2-12-25(13-3-1)37-29-16-6-8-18-31(29)38(32-19-9-7-17-30(32)37)26-22-23-33-35(24-26)27-14-4-5-15-28(27)39-34-20-10-11-21-36(34)41-40(33)39/h1-24H. The average Bonchev–Trinajstić information content (AvgIpc) is 3.44. The van der Waals surface area contributed by atoms with Crippen LogP contribution in [0.25, 0.3) is 85.5 Å². The van der Waals surface area contributed by atoms with Crippen LogP contribution in [0.15, 0.2) is 146 Å². The summed E-state index contributed by atoms with van der Waals surface area (Å²) in [5.41, 5.74) is 5.12. The Labute approximate surface area is 241 Å². The number of benzene rings is 8. The van der Waals surface area contributed by atoms with Crippen LogP contribution in [0.2, 0.25) is 0 Å². The van der Waals surface area contributed by atoms with E-state index in [1.54, 1.807) is 0 Å². The fourth-order valence-electron chi connectivity index (χ4n) is 6.91. The second kappa shape index (κ2) is 8.76. The zero-order valence-electron chi connectivity index (χ0n) is 22.3. The predicted octanol–water partition coefficient (Wildman–Crippen LogP) is 12.0. The highest BCUT2D eigenvalue weighted by Crippen LogP contribution is 2.47. The zero-order chi connectivity index (χ0) is 26.9. The Bertz CT molecular complexity index is 2410. The molecule has 1 aromatic heterocycles. The SMILES string of the molecule is c1ccc(-c2c3ccccc3c(-c3ccc4c(c3)c3ccccc3c3c5ccccc5sc43)c3ccccc23)cc1. The lowest BCUT2D eigenvalue weighted by atomic mass is 9.85. The molecule has 0 N–H and O–H groups in total. The van der Waals surface area contributed by atoms with Crippen molar-refractivity contribution in [3.8, 4) is 22.3 Å². The minimum absolute atomic E-state index is 1.25. The Morgan fingerprint density at radius 2 is 0.829 bits per heavy atom. The van der Waals surface area contributed by atoms with Gasteiger partial charge in [-0.3, -0.25) is 0 Å². The van der Waals surface area contributed by atoms with Crippen LogP contribution in [0.4, 0.5) is 0 Å². The van der Waals surface area contributed by atoms with Gasteiger partial charge >= 0.3 is 0 Å². The minimum Gasteiger partial charge on any atom is -0.135 e. The molecule has 8 aromatic carbocycles. The summed E-state index contributed by atoms with van der Waals surface area (Å²) >= 11 is 1.91. The predicted molar refractivity (Wildman–Crippen MR) is 180 cm³/mol. The van der Waals surface area contributed by atoms with E-state index in [1.807, 2.05) is 11.3 Å². The monoisotopic (exact) mass is 536 g/mol. The third kappa shape index (κ3) is 3.27. The molecule has 0 amide bonds. The largest absolute Gasteiger partial charge is 0.135 e. The van der Waals surface area contributed by atoms with Crippen LogP contribution in [-0.2, 0) is 0 Å². The molecule has 0 aliphatic heterocycles. The van der Waals surface area contributed by atoms with E-state index < -0.39 is 0 Å². The van der Waals surface area contributed by atoms with Gasteiger partial charge in [0, 0.05) is 25.6 Å². The normalized spacial score (nSPS) is 11.9. The summed E-state index contributed by atoms with van der Waals surface area (Å²) in [6, 6.07) is 53.6. The van der Waals surface area contributed by atoms with Crippen molar-refractivity contribution in [3.05, 3.63) is 146 Å². The van der Waals surface area contributed by atoms with Crippen molar-refractivity contribution in [1.29, 1.82) is 0 Å². The molecule has 0 aliphatic rings. The van der Waals surface area contributed by atoms with Crippen LogP contribution in [0, 0.1) is 0 Å². The summed E-state index contributed by atoms with van der Waals surface area (Å²) in [5, 5.41) is 13.2. The minimum atomic E-state index is 1.25. The maximum Gasteiger partial charge on any atom is 0.0440 e. The van der Waals surface area contributed by atoms with Gasteiger partial charge in [0.1, 0.15) is 0 Å². The van der Waals surface area contributed by atoms with Gasteiger partial charge in [0.05, 0.1) is 0 Å². The summed E-state index contributed by atoms with van der Waals surface area (Å²) in [6.45, 7) is 0. The topological polar surface area (TPSA) is 0 Å². The van der Waals surface area contributed by atoms with Crippen LogP contribution < -0.4 is 0 Å². The van der Waals surface area contributed by atoms with Crippen molar-refractivity contribution < 1.29 is 0 Å². The molecule has 0 unspecified atom stereocenters. The third-order valence-electron chi connectivity index (χ3n) is 8.63. The Morgan fingerprint density at radius 1 is 0.317 bits per heavy atom. The van der Waals surface area contributed by atoms with Crippen molar-refractivity contribution in [2.75, 3.05) is 0 Å². The van der Waals surface area contributed by atoms with Crippen molar-refractivity contribution in [3.63, 3.8) is 0 Å². The summed E-state index contributed by atoms with van der Waals surface area (Å²) in [6.07, 6.45) is 0. The van der Waals surface area contributed by atoms with Crippen LogP contribution in [0.3, 0.4) is 0 Å². The van der Waals surface area contributed by atoms with Crippen molar-refractivity contribution in [2.45, 2.75) is 0 Å². The highest BCUT2D eigenvalue weighted by Gasteiger charge is 2.18. The first-order valence-electron chi connectivity index (χ1n) is 14.1. The molecule has 9 rings (SSSR count). The Kier molecular flexibility index (Phi) is 4.87. The van der Waals surface area contributed by atoms with E-state index in [2.05, 4.69) is 146 Å². The van der Waals surface area contributed by atoms with Crippen LogP contribution in [0.1, 0.15) is 0 Å². The first-order valence-corrected chi connectivity index (χ1v) is 14.9. The van der Waals surface area contributed by atoms with E-state index in [0.717, 1.165) is 0 Å². The molecule has 9 aromatic rings. The summed E-state index contributed by atoms with van der Waals surface area (Å²) < 4.78 is 2.72. The van der Waals surface area contributed by atoms with Gasteiger partial charge in [-0.2, -0.15) is 0 Å². The molecule has 0 bridgehead atoms. The number of fused-ring (bicyclic) bond motifs is 10. The molecule has 190 valence electrons. The molecule has 0 atom stereocenters. The number of rotatable bonds is 2. The van der Waals surface area contributed by atoms with Gasteiger partial charge in [0.15, 0.2) is 0 Å². The van der Waals surface area contributed by atoms with Crippen molar-refractivity contribution in [1.82, 2.24) is 0 Å². The third-order valence-corrected chi connectivity index (χ3v) is 9.83. The van der Waals surface area contributed by atoms with Gasteiger partial charge < -0.3 is 0 Å². The van der Waals surface area contributed by atoms with Crippen LogP contribution in [0.5, 0.6) is 0 Å².